The number of ether oxygens (including phenoxy) is 3. The zero-order chi connectivity index (χ0) is 33.8. The minimum absolute atomic E-state index is 0.177. The van der Waals surface area contributed by atoms with Gasteiger partial charge in [-0.3, -0.25) is 9.36 Å². The molecule has 0 spiro atoms. The highest BCUT2D eigenvalue weighted by molar-refractivity contribution is 6.04. The van der Waals surface area contributed by atoms with Gasteiger partial charge in [0.05, 0.1) is 31.8 Å². The highest BCUT2D eigenvalue weighted by Gasteiger charge is 2.50. The van der Waals surface area contributed by atoms with Gasteiger partial charge in [-0.2, -0.15) is 4.98 Å². The third kappa shape index (κ3) is 6.10. The lowest BCUT2D eigenvalue weighted by atomic mass is 9.60. The average molecular weight is 646 g/mol. The minimum Gasteiger partial charge on any atom is -0.497 e. The van der Waals surface area contributed by atoms with Crippen molar-refractivity contribution in [3.05, 3.63) is 154 Å². The van der Waals surface area contributed by atoms with Crippen LogP contribution in [0.25, 0.3) is 0 Å². The quantitative estimate of drug-likeness (QED) is 0.176. The molecule has 5 aromatic rings. The van der Waals surface area contributed by atoms with Crippen molar-refractivity contribution in [1.29, 1.82) is 0 Å². The topological polar surface area (TPSA) is 112 Å². The minimum atomic E-state index is -0.894. The zero-order valence-electron chi connectivity index (χ0n) is 27.4. The number of hydrogen-bond acceptors (Lipinski definition) is 7. The average Bonchev–Trinajstić information content (AvgIpc) is 3.52. The van der Waals surface area contributed by atoms with E-state index in [1.54, 1.807) is 51.6 Å². The molecule has 0 unspecified atom stereocenters. The number of carbonyl (C=O) groups excluding carboxylic acids is 1. The van der Waals surface area contributed by atoms with Crippen molar-refractivity contribution in [3.8, 4) is 11.5 Å². The van der Waals surface area contributed by atoms with Crippen molar-refractivity contribution in [1.82, 2.24) is 9.55 Å². The Balaban J connectivity index is 1.38. The van der Waals surface area contributed by atoms with Crippen molar-refractivity contribution in [2.75, 3.05) is 19.5 Å². The molecule has 1 aliphatic rings. The van der Waals surface area contributed by atoms with Crippen LogP contribution in [0.15, 0.2) is 120 Å². The van der Waals surface area contributed by atoms with Crippen LogP contribution in [0.1, 0.15) is 52.2 Å². The number of hydrogen-bond donors (Lipinski definition) is 2. The Bertz CT molecular complexity index is 1860. The number of aliphatic hydroxyl groups is 1. The van der Waals surface area contributed by atoms with Crippen LogP contribution in [0, 0.1) is 12.8 Å². The Labute approximate surface area is 279 Å². The molecule has 1 amide bonds. The normalized spacial score (nSPS) is 18.2. The second-order valence-corrected chi connectivity index (χ2v) is 12.1. The second kappa shape index (κ2) is 13.9. The van der Waals surface area contributed by atoms with Crippen LogP contribution in [0.4, 0.5) is 5.82 Å². The van der Waals surface area contributed by atoms with E-state index in [1.807, 2.05) is 72.8 Å². The maximum Gasteiger partial charge on any atom is 0.351 e. The number of amides is 1. The monoisotopic (exact) mass is 645 g/mol. The molecule has 1 aromatic heterocycles. The molecule has 48 heavy (non-hydrogen) atoms. The van der Waals surface area contributed by atoms with E-state index >= 15 is 0 Å². The van der Waals surface area contributed by atoms with Gasteiger partial charge in [-0.15, -0.1) is 0 Å². The molecule has 9 nitrogen and oxygen atoms in total. The number of rotatable bonds is 10. The molecule has 4 atom stereocenters. The fraction of sp³-hybridized carbons (Fsp3) is 0.256. The van der Waals surface area contributed by atoms with E-state index in [1.165, 1.54) is 4.57 Å². The molecule has 2 N–H and O–H groups in total. The van der Waals surface area contributed by atoms with Crippen LogP contribution in [0.2, 0.25) is 0 Å². The van der Waals surface area contributed by atoms with Crippen molar-refractivity contribution < 1.29 is 24.1 Å². The summed E-state index contributed by atoms with van der Waals surface area (Å²) in [5.74, 6) is 0.933. The summed E-state index contributed by atoms with van der Waals surface area (Å²) in [6, 6.07) is 34.8. The summed E-state index contributed by atoms with van der Waals surface area (Å²) in [6.45, 7) is 3.84. The SMILES string of the molecule is COc1ccc(C(c2ccccc2)(c2ccc(OC)cc2)[C@H](C)[C@@H]2O[C@@H](n3cc(C)c(NC(=O)c4ccccc4)nc3=O)C[C@H]2O)cc1. The Hall–Kier alpha value is -5.25. The van der Waals surface area contributed by atoms with Gasteiger partial charge in [0.15, 0.2) is 0 Å². The number of nitrogens with zero attached hydrogens (tertiary/aromatic N) is 2. The highest BCUT2D eigenvalue weighted by Crippen LogP contribution is 2.50. The van der Waals surface area contributed by atoms with Gasteiger partial charge in [-0.05, 0) is 60.0 Å². The summed E-state index contributed by atoms with van der Waals surface area (Å²) in [5, 5.41) is 14.4. The van der Waals surface area contributed by atoms with Crippen LogP contribution >= 0.6 is 0 Å². The molecular weight excluding hydrogens is 606 g/mol. The van der Waals surface area contributed by atoms with Crippen LogP contribution in [-0.4, -0.2) is 47.0 Å². The van der Waals surface area contributed by atoms with Gasteiger partial charge in [0, 0.05) is 29.7 Å². The van der Waals surface area contributed by atoms with Crippen molar-refractivity contribution in [2.24, 2.45) is 5.92 Å². The number of methoxy groups -OCH3 is 2. The van der Waals surface area contributed by atoms with E-state index in [0.717, 1.165) is 28.2 Å². The first-order valence-electron chi connectivity index (χ1n) is 15.9. The smallest absolute Gasteiger partial charge is 0.351 e. The van der Waals surface area contributed by atoms with Crippen molar-refractivity contribution in [3.63, 3.8) is 0 Å². The number of nitrogens with one attached hydrogen (secondary N) is 1. The standard InChI is InChI=1S/C39H39N3O6/c1-25-24-42(38(45)41-36(25)40-37(44)27-11-7-5-8-12-27)34-23-33(43)35(48-34)26(2)39(28-13-9-6-10-14-28,29-15-19-31(46-3)20-16-29)30-17-21-32(47-4)22-18-30/h5-22,24,26,33-35,43H,23H2,1-4H3,(H,40,41,44,45)/t26-,33-,34-,35+/m1/s1. The molecule has 0 aliphatic carbocycles. The zero-order valence-corrected chi connectivity index (χ0v) is 27.4. The highest BCUT2D eigenvalue weighted by atomic mass is 16.5. The molecule has 0 radical (unpaired) electrons. The first-order chi connectivity index (χ1) is 23.3. The maximum absolute atomic E-state index is 13.4. The number of aromatic nitrogens is 2. The lowest BCUT2D eigenvalue weighted by molar-refractivity contribution is -0.0569. The third-order valence-corrected chi connectivity index (χ3v) is 9.34. The van der Waals surface area contributed by atoms with Gasteiger partial charge in [0.25, 0.3) is 5.91 Å². The van der Waals surface area contributed by atoms with Gasteiger partial charge >= 0.3 is 5.69 Å². The van der Waals surface area contributed by atoms with Crippen LogP contribution in [-0.2, 0) is 10.2 Å². The van der Waals surface area contributed by atoms with Gasteiger partial charge in [0.2, 0.25) is 0 Å². The Kier molecular flexibility index (Phi) is 9.43. The van der Waals surface area contributed by atoms with Crippen molar-refractivity contribution >= 4 is 11.7 Å². The molecule has 0 bridgehead atoms. The molecule has 1 fully saturated rings. The Morgan fingerprint density at radius 1 is 0.875 bits per heavy atom. The number of carbonyl (C=O) groups is 1. The van der Waals surface area contributed by atoms with E-state index in [-0.39, 0.29) is 24.1 Å². The molecule has 2 heterocycles. The van der Waals surface area contributed by atoms with Crippen LogP contribution in [0.3, 0.4) is 0 Å². The third-order valence-electron chi connectivity index (χ3n) is 9.34. The largest absolute Gasteiger partial charge is 0.497 e. The Morgan fingerprint density at radius 3 is 1.94 bits per heavy atom. The molecule has 9 heteroatoms. The summed E-state index contributed by atoms with van der Waals surface area (Å²) in [6.07, 6.45) is -0.539. The first kappa shape index (κ1) is 32.7. The van der Waals surface area contributed by atoms with E-state index in [9.17, 15) is 14.7 Å². The summed E-state index contributed by atoms with van der Waals surface area (Å²) in [5.41, 5.74) is 2.65. The van der Waals surface area contributed by atoms with E-state index in [4.69, 9.17) is 14.2 Å². The molecule has 1 aliphatic heterocycles. The Morgan fingerprint density at radius 2 is 1.40 bits per heavy atom. The lowest BCUT2D eigenvalue weighted by Crippen LogP contribution is -2.45. The molecule has 6 rings (SSSR count). The lowest BCUT2D eigenvalue weighted by Gasteiger charge is -2.44. The fourth-order valence-electron chi connectivity index (χ4n) is 6.91. The second-order valence-electron chi connectivity index (χ2n) is 12.1. The summed E-state index contributed by atoms with van der Waals surface area (Å²) in [7, 11) is 3.27. The molecular formula is C39H39N3O6. The van der Waals surface area contributed by atoms with Crippen LogP contribution in [0.5, 0.6) is 11.5 Å². The summed E-state index contributed by atoms with van der Waals surface area (Å²) < 4.78 is 19.0. The molecule has 1 saturated heterocycles. The van der Waals surface area contributed by atoms with Gasteiger partial charge in [-0.1, -0.05) is 79.7 Å². The predicted molar refractivity (Wildman–Crippen MR) is 184 cm³/mol. The van der Waals surface area contributed by atoms with E-state index in [0.29, 0.717) is 11.1 Å². The molecule has 246 valence electrons. The van der Waals surface area contributed by atoms with Gasteiger partial charge in [-0.25, -0.2) is 4.79 Å². The van der Waals surface area contributed by atoms with Gasteiger partial charge < -0.3 is 24.6 Å². The molecule has 4 aromatic carbocycles. The first-order valence-corrected chi connectivity index (χ1v) is 15.9. The van der Waals surface area contributed by atoms with E-state index in [2.05, 4.69) is 29.4 Å². The number of aliphatic hydroxyl groups excluding tert-OH is 1. The van der Waals surface area contributed by atoms with E-state index < -0.39 is 29.5 Å². The molecule has 0 saturated carbocycles. The van der Waals surface area contributed by atoms with Crippen LogP contribution < -0.4 is 20.5 Å². The summed E-state index contributed by atoms with van der Waals surface area (Å²) >= 11 is 0. The van der Waals surface area contributed by atoms with Crippen molar-refractivity contribution in [2.45, 2.75) is 44.1 Å². The summed E-state index contributed by atoms with van der Waals surface area (Å²) in [4.78, 5) is 30.3. The fourth-order valence-corrected chi connectivity index (χ4v) is 6.91. The number of aryl methyl sites for hydroxylation is 1. The number of benzene rings is 4. The number of anilines is 1. The van der Waals surface area contributed by atoms with Gasteiger partial charge in [0.1, 0.15) is 23.5 Å². The predicted octanol–water partition coefficient (Wildman–Crippen LogP) is 6.14. The maximum atomic E-state index is 13.4.